The lowest BCUT2D eigenvalue weighted by molar-refractivity contribution is -0.137. The molecule has 0 aliphatic carbocycles. The van der Waals surface area contributed by atoms with Gasteiger partial charge in [-0.15, -0.1) is 0 Å². The van der Waals surface area contributed by atoms with Gasteiger partial charge in [-0.05, 0) is 47.0 Å². The second-order valence-corrected chi connectivity index (χ2v) is 8.49. The topological polar surface area (TPSA) is 114 Å². The van der Waals surface area contributed by atoms with E-state index in [0.29, 0.717) is 17.6 Å². The molecule has 3 heterocycles. The van der Waals surface area contributed by atoms with Crippen LogP contribution in [0.3, 0.4) is 0 Å². The van der Waals surface area contributed by atoms with E-state index in [-0.39, 0.29) is 47.8 Å². The van der Waals surface area contributed by atoms with Crippen molar-refractivity contribution in [1.82, 2.24) is 15.0 Å². The Morgan fingerprint density at radius 3 is 2.62 bits per heavy atom. The highest BCUT2D eigenvalue weighted by atomic mass is 79.9. The number of rotatable bonds is 4. The van der Waals surface area contributed by atoms with Crippen LogP contribution in [0.2, 0.25) is 0 Å². The number of pyridine rings is 1. The number of hydrogen-bond donors (Lipinski definition) is 4. The van der Waals surface area contributed by atoms with Gasteiger partial charge in [-0.2, -0.15) is 18.2 Å². The van der Waals surface area contributed by atoms with Crippen molar-refractivity contribution in [3.63, 3.8) is 0 Å². The first kappa shape index (κ1) is 22.5. The number of benzene rings is 1. The highest BCUT2D eigenvalue weighted by Crippen LogP contribution is 2.33. The molecule has 0 spiro atoms. The number of anilines is 3. The van der Waals surface area contributed by atoms with E-state index in [4.69, 9.17) is 0 Å². The van der Waals surface area contributed by atoms with Crippen LogP contribution in [0.1, 0.15) is 18.4 Å². The monoisotopic (exact) mass is 513 g/mol. The van der Waals surface area contributed by atoms with Crippen molar-refractivity contribution in [1.29, 1.82) is 0 Å². The Bertz CT molecular complexity index is 1210. The van der Waals surface area contributed by atoms with E-state index < -0.39 is 22.9 Å². The lowest BCUT2D eigenvalue weighted by Gasteiger charge is -2.37. The summed E-state index contributed by atoms with van der Waals surface area (Å²) in [5.74, 6) is 0.299. The molecule has 12 heteroatoms. The van der Waals surface area contributed by atoms with Gasteiger partial charge in [0.25, 0.3) is 5.56 Å². The fraction of sp³-hybridized carbons (Fsp3) is 0.350. The number of halogens is 4. The third-order valence-electron chi connectivity index (χ3n) is 5.40. The van der Waals surface area contributed by atoms with Crippen molar-refractivity contribution in [2.45, 2.75) is 24.6 Å². The molecule has 1 fully saturated rings. The summed E-state index contributed by atoms with van der Waals surface area (Å²) in [6, 6.07) is 4.59. The molecule has 170 valence electrons. The number of H-pyrrole nitrogens is 1. The van der Waals surface area contributed by atoms with Crippen LogP contribution in [0, 0.1) is 0 Å². The molecule has 32 heavy (non-hydrogen) atoms. The Labute approximate surface area is 188 Å². The Kier molecular flexibility index (Phi) is 5.86. The van der Waals surface area contributed by atoms with Crippen molar-refractivity contribution >= 4 is 44.3 Å². The first-order chi connectivity index (χ1) is 15.1. The van der Waals surface area contributed by atoms with Crippen LogP contribution in [-0.2, 0) is 6.18 Å². The number of aromatic amines is 1. The number of hydrogen-bond acceptors (Lipinski definition) is 7. The summed E-state index contributed by atoms with van der Waals surface area (Å²) in [5, 5.41) is 22.5. The summed E-state index contributed by atoms with van der Waals surface area (Å²) in [5.41, 5.74) is -2.12. The lowest BCUT2D eigenvalue weighted by Crippen LogP contribution is -2.47. The van der Waals surface area contributed by atoms with Gasteiger partial charge in [0, 0.05) is 25.0 Å². The van der Waals surface area contributed by atoms with E-state index in [1.54, 1.807) is 4.90 Å². The van der Waals surface area contributed by atoms with Crippen LogP contribution in [0.15, 0.2) is 39.7 Å². The number of alkyl halides is 3. The van der Waals surface area contributed by atoms with Crippen molar-refractivity contribution < 1.29 is 23.4 Å². The molecule has 4 rings (SSSR count). The largest absolute Gasteiger partial charge is 0.416 e. The Hall–Kier alpha value is -2.70. The van der Waals surface area contributed by atoms with Crippen LogP contribution >= 0.6 is 15.9 Å². The second kappa shape index (κ2) is 8.34. The molecular formula is C20H19BrF3N5O3. The predicted molar refractivity (Wildman–Crippen MR) is 116 cm³/mol. The van der Waals surface area contributed by atoms with Gasteiger partial charge in [0.1, 0.15) is 11.2 Å². The van der Waals surface area contributed by atoms with Crippen molar-refractivity contribution in [3.05, 3.63) is 50.9 Å². The zero-order valence-corrected chi connectivity index (χ0v) is 18.2. The molecule has 1 aromatic carbocycles. The van der Waals surface area contributed by atoms with Gasteiger partial charge >= 0.3 is 6.18 Å². The maximum Gasteiger partial charge on any atom is 0.416 e. The van der Waals surface area contributed by atoms with Gasteiger partial charge in [0.05, 0.1) is 27.8 Å². The van der Waals surface area contributed by atoms with E-state index >= 15 is 0 Å². The average Bonchev–Trinajstić information content (AvgIpc) is 2.76. The van der Waals surface area contributed by atoms with E-state index in [2.05, 4.69) is 36.2 Å². The van der Waals surface area contributed by atoms with Crippen LogP contribution in [0.4, 0.5) is 30.6 Å². The van der Waals surface area contributed by atoms with Gasteiger partial charge in [0.15, 0.2) is 0 Å². The molecular weight excluding hydrogens is 495 g/mol. The summed E-state index contributed by atoms with van der Waals surface area (Å²) in [6.07, 6.45) is -2.51. The minimum atomic E-state index is -4.52. The lowest BCUT2D eigenvalue weighted by atomic mass is 9.93. The zero-order chi connectivity index (χ0) is 23.1. The molecule has 2 aromatic heterocycles. The fourth-order valence-corrected chi connectivity index (χ4v) is 3.93. The standard InChI is InChI=1S/C20H19BrF3N5O3/c21-13-9-25-17(31)14-15(13)27-18(29-6-4-19(32,10-30)5-7-29)28-16(14)26-12-3-1-2-11(8-12)20(22,23)24/h1-3,8-9,30,32H,4-7,10H2,(H,25,31)(H,26,27,28). The summed E-state index contributed by atoms with van der Waals surface area (Å²) in [7, 11) is 0. The molecule has 0 bridgehead atoms. The third kappa shape index (κ3) is 4.43. The Morgan fingerprint density at radius 2 is 1.97 bits per heavy atom. The second-order valence-electron chi connectivity index (χ2n) is 7.63. The predicted octanol–water partition coefficient (Wildman–Crippen LogP) is 3.17. The van der Waals surface area contributed by atoms with Gasteiger partial charge < -0.3 is 25.4 Å². The molecule has 1 saturated heterocycles. The Balaban J connectivity index is 1.78. The number of nitrogens with zero attached hydrogens (tertiary/aromatic N) is 3. The fourth-order valence-electron chi connectivity index (χ4n) is 3.53. The molecule has 1 aliphatic rings. The normalized spacial score (nSPS) is 16.4. The third-order valence-corrected chi connectivity index (χ3v) is 6.01. The number of nitrogens with one attached hydrogen (secondary N) is 2. The summed E-state index contributed by atoms with van der Waals surface area (Å²) in [4.78, 5) is 25.8. The van der Waals surface area contributed by atoms with Crippen molar-refractivity contribution in [3.8, 4) is 0 Å². The number of aromatic nitrogens is 3. The van der Waals surface area contributed by atoms with E-state index in [1.165, 1.54) is 18.3 Å². The molecule has 3 aromatic rings. The average molecular weight is 514 g/mol. The van der Waals surface area contributed by atoms with Gasteiger partial charge in [-0.25, -0.2) is 4.98 Å². The zero-order valence-electron chi connectivity index (χ0n) is 16.6. The molecule has 8 nitrogen and oxygen atoms in total. The van der Waals surface area contributed by atoms with E-state index in [1.807, 2.05) is 0 Å². The molecule has 0 atom stereocenters. The minimum Gasteiger partial charge on any atom is -0.393 e. The van der Waals surface area contributed by atoms with Gasteiger partial charge in [0.2, 0.25) is 5.95 Å². The quantitative estimate of drug-likeness (QED) is 0.423. The maximum atomic E-state index is 13.1. The smallest absolute Gasteiger partial charge is 0.393 e. The number of fused-ring (bicyclic) bond motifs is 1. The van der Waals surface area contributed by atoms with Crippen molar-refractivity contribution in [2.75, 3.05) is 29.9 Å². The van der Waals surface area contributed by atoms with E-state index in [0.717, 1.165) is 12.1 Å². The number of piperidine rings is 1. The molecule has 0 radical (unpaired) electrons. The first-order valence-electron chi connectivity index (χ1n) is 9.71. The molecule has 1 aliphatic heterocycles. The van der Waals surface area contributed by atoms with E-state index in [9.17, 15) is 28.2 Å². The van der Waals surface area contributed by atoms with Crippen LogP contribution in [-0.4, -0.2) is 50.5 Å². The highest BCUT2D eigenvalue weighted by Gasteiger charge is 2.33. The molecule has 4 N–H and O–H groups in total. The minimum absolute atomic E-state index is 0.0508. The highest BCUT2D eigenvalue weighted by molar-refractivity contribution is 9.10. The Morgan fingerprint density at radius 1 is 1.25 bits per heavy atom. The van der Waals surface area contributed by atoms with Crippen LogP contribution < -0.4 is 15.8 Å². The molecule has 0 saturated carbocycles. The SMILES string of the molecule is O=c1[nH]cc(Br)c2nc(N3CCC(O)(CO)CC3)nc(Nc3cccc(C(F)(F)F)c3)c12. The van der Waals surface area contributed by atoms with Gasteiger partial charge in [-0.1, -0.05) is 6.07 Å². The molecule has 0 unspecified atom stereocenters. The van der Waals surface area contributed by atoms with Crippen molar-refractivity contribution in [2.24, 2.45) is 0 Å². The van der Waals surface area contributed by atoms with Crippen LogP contribution in [0.5, 0.6) is 0 Å². The summed E-state index contributed by atoms with van der Waals surface area (Å²) in [6.45, 7) is 0.349. The number of aliphatic hydroxyl groups excluding tert-OH is 1. The van der Waals surface area contributed by atoms with Crippen LogP contribution in [0.25, 0.3) is 10.9 Å². The summed E-state index contributed by atoms with van der Waals surface area (Å²) >= 11 is 3.35. The van der Waals surface area contributed by atoms with Gasteiger partial charge in [-0.3, -0.25) is 4.79 Å². The number of aliphatic hydroxyl groups is 2. The summed E-state index contributed by atoms with van der Waals surface area (Å²) < 4.78 is 39.8. The maximum absolute atomic E-state index is 13.1. The first-order valence-corrected chi connectivity index (χ1v) is 10.5. The molecule has 0 amide bonds.